The molecule has 1 aliphatic carbocycles. The second kappa shape index (κ2) is 6.68. The molecule has 0 amide bonds. The van der Waals surface area contributed by atoms with Gasteiger partial charge >= 0.3 is 0 Å². The van der Waals surface area contributed by atoms with Crippen LogP contribution in [0.15, 0.2) is 24.5 Å². The Labute approximate surface area is 123 Å². The Hall–Kier alpha value is -0.930. The average Bonchev–Trinajstić information content (AvgIpc) is 2.42. The van der Waals surface area contributed by atoms with E-state index in [4.69, 9.17) is 5.73 Å². The van der Waals surface area contributed by atoms with E-state index >= 15 is 0 Å². The quantitative estimate of drug-likeness (QED) is 0.898. The van der Waals surface area contributed by atoms with E-state index < -0.39 is 0 Å². The third-order valence-electron chi connectivity index (χ3n) is 4.65. The van der Waals surface area contributed by atoms with Gasteiger partial charge in [0, 0.05) is 31.5 Å². The molecule has 0 aromatic carbocycles. The Morgan fingerprint density at radius 1 is 1.35 bits per heavy atom. The molecule has 20 heavy (non-hydrogen) atoms. The Bertz CT molecular complexity index is 402. The van der Waals surface area contributed by atoms with Crippen LogP contribution in [-0.2, 0) is 6.42 Å². The van der Waals surface area contributed by atoms with Gasteiger partial charge in [-0.25, -0.2) is 0 Å². The molecule has 1 aliphatic rings. The van der Waals surface area contributed by atoms with Gasteiger partial charge in [-0.2, -0.15) is 0 Å². The number of likely N-dealkylation sites (N-methyl/N-ethyl adjacent to an activating group) is 1. The van der Waals surface area contributed by atoms with Gasteiger partial charge in [0.2, 0.25) is 0 Å². The fourth-order valence-corrected chi connectivity index (χ4v) is 3.32. The fraction of sp³-hybridized carbons (Fsp3) is 0.706. The highest BCUT2D eigenvalue weighted by atomic mass is 15.1. The van der Waals surface area contributed by atoms with Crippen molar-refractivity contribution in [1.82, 2.24) is 9.88 Å². The van der Waals surface area contributed by atoms with Crippen LogP contribution in [-0.4, -0.2) is 36.1 Å². The van der Waals surface area contributed by atoms with Crippen LogP contribution in [0.1, 0.15) is 38.7 Å². The summed E-state index contributed by atoms with van der Waals surface area (Å²) in [4.78, 5) is 6.50. The van der Waals surface area contributed by atoms with Gasteiger partial charge in [-0.15, -0.1) is 0 Å². The van der Waals surface area contributed by atoms with E-state index in [1.54, 1.807) is 0 Å². The summed E-state index contributed by atoms with van der Waals surface area (Å²) in [6, 6.07) is 4.58. The van der Waals surface area contributed by atoms with Crippen LogP contribution in [0.2, 0.25) is 0 Å². The summed E-state index contributed by atoms with van der Waals surface area (Å²) in [6.07, 6.45) is 8.53. The van der Waals surface area contributed by atoms with Crippen molar-refractivity contribution in [3.8, 4) is 0 Å². The van der Waals surface area contributed by atoms with Crippen LogP contribution < -0.4 is 5.73 Å². The Morgan fingerprint density at radius 2 is 2.05 bits per heavy atom. The summed E-state index contributed by atoms with van der Waals surface area (Å²) in [6.45, 7) is 6.97. The predicted molar refractivity (Wildman–Crippen MR) is 84.5 cm³/mol. The molecule has 2 atom stereocenters. The van der Waals surface area contributed by atoms with Crippen LogP contribution >= 0.6 is 0 Å². The SMILES string of the molecule is CN(CCc1ccncc1)CC1CC(C)(C)CCC1N. The van der Waals surface area contributed by atoms with E-state index in [0.29, 0.717) is 17.4 Å². The highest BCUT2D eigenvalue weighted by Crippen LogP contribution is 2.38. The number of pyridine rings is 1. The first-order valence-corrected chi connectivity index (χ1v) is 7.79. The van der Waals surface area contributed by atoms with E-state index in [-0.39, 0.29) is 0 Å². The molecule has 1 saturated carbocycles. The molecular formula is C17H29N3. The zero-order valence-electron chi connectivity index (χ0n) is 13.2. The average molecular weight is 275 g/mol. The van der Waals surface area contributed by atoms with Crippen molar-refractivity contribution in [3.05, 3.63) is 30.1 Å². The van der Waals surface area contributed by atoms with Gasteiger partial charge in [0.1, 0.15) is 0 Å². The molecule has 0 bridgehead atoms. The number of nitrogens with zero attached hydrogens (tertiary/aromatic N) is 2. The lowest BCUT2D eigenvalue weighted by molar-refractivity contribution is 0.125. The minimum Gasteiger partial charge on any atom is -0.327 e. The lowest BCUT2D eigenvalue weighted by Crippen LogP contribution is -2.44. The van der Waals surface area contributed by atoms with Crippen molar-refractivity contribution >= 4 is 0 Å². The smallest absolute Gasteiger partial charge is 0.0270 e. The highest BCUT2D eigenvalue weighted by molar-refractivity contribution is 5.09. The van der Waals surface area contributed by atoms with Crippen LogP contribution in [0.25, 0.3) is 0 Å². The lowest BCUT2D eigenvalue weighted by Gasteiger charge is -2.40. The Kier molecular flexibility index (Phi) is 5.17. The van der Waals surface area contributed by atoms with Gasteiger partial charge in [-0.1, -0.05) is 13.8 Å². The number of hydrogen-bond donors (Lipinski definition) is 1. The largest absolute Gasteiger partial charge is 0.327 e. The van der Waals surface area contributed by atoms with Crippen LogP contribution in [0.4, 0.5) is 0 Å². The van der Waals surface area contributed by atoms with E-state index in [0.717, 1.165) is 19.5 Å². The molecule has 2 unspecified atom stereocenters. The van der Waals surface area contributed by atoms with Crippen molar-refractivity contribution in [2.24, 2.45) is 17.1 Å². The van der Waals surface area contributed by atoms with Gasteiger partial charge in [0.15, 0.2) is 0 Å². The van der Waals surface area contributed by atoms with Crippen LogP contribution in [0.3, 0.4) is 0 Å². The number of rotatable bonds is 5. The summed E-state index contributed by atoms with van der Waals surface area (Å²) in [7, 11) is 2.22. The number of nitrogens with two attached hydrogens (primary N) is 1. The summed E-state index contributed by atoms with van der Waals surface area (Å²) in [5, 5.41) is 0. The van der Waals surface area contributed by atoms with Crippen molar-refractivity contribution in [2.75, 3.05) is 20.1 Å². The molecule has 112 valence electrons. The second-order valence-corrected chi connectivity index (χ2v) is 7.20. The molecule has 1 fully saturated rings. The third-order valence-corrected chi connectivity index (χ3v) is 4.65. The van der Waals surface area contributed by atoms with E-state index in [9.17, 15) is 0 Å². The molecule has 1 aromatic heterocycles. The maximum Gasteiger partial charge on any atom is 0.0270 e. The Morgan fingerprint density at radius 3 is 2.75 bits per heavy atom. The number of hydrogen-bond acceptors (Lipinski definition) is 3. The monoisotopic (exact) mass is 275 g/mol. The van der Waals surface area contributed by atoms with Gasteiger partial charge in [-0.05, 0) is 61.8 Å². The molecule has 2 N–H and O–H groups in total. The fourth-order valence-electron chi connectivity index (χ4n) is 3.32. The molecule has 1 heterocycles. The molecule has 0 spiro atoms. The van der Waals surface area contributed by atoms with E-state index in [2.05, 4.69) is 42.9 Å². The van der Waals surface area contributed by atoms with Gasteiger partial charge < -0.3 is 10.6 Å². The van der Waals surface area contributed by atoms with Gasteiger partial charge in [0.05, 0.1) is 0 Å². The third kappa shape index (κ3) is 4.57. The van der Waals surface area contributed by atoms with E-state index in [1.807, 2.05) is 12.4 Å². The number of aromatic nitrogens is 1. The molecule has 1 aromatic rings. The first kappa shape index (κ1) is 15.5. The van der Waals surface area contributed by atoms with Gasteiger partial charge in [0.25, 0.3) is 0 Å². The molecular weight excluding hydrogens is 246 g/mol. The Balaban J connectivity index is 1.80. The van der Waals surface area contributed by atoms with Gasteiger partial charge in [-0.3, -0.25) is 4.98 Å². The molecule has 0 saturated heterocycles. The maximum atomic E-state index is 6.32. The second-order valence-electron chi connectivity index (χ2n) is 7.20. The van der Waals surface area contributed by atoms with E-state index in [1.165, 1.54) is 24.8 Å². The zero-order chi connectivity index (χ0) is 14.6. The molecule has 3 heteroatoms. The first-order chi connectivity index (χ1) is 9.46. The minimum atomic E-state index is 0.381. The normalized spacial score (nSPS) is 25.9. The van der Waals surface area contributed by atoms with Crippen LogP contribution in [0.5, 0.6) is 0 Å². The lowest BCUT2D eigenvalue weighted by atomic mass is 9.70. The zero-order valence-corrected chi connectivity index (χ0v) is 13.2. The molecule has 0 radical (unpaired) electrons. The van der Waals surface area contributed by atoms with Crippen molar-refractivity contribution in [2.45, 2.75) is 45.6 Å². The molecule has 0 aliphatic heterocycles. The maximum absolute atomic E-state index is 6.32. The predicted octanol–water partition coefficient (Wildman–Crippen LogP) is 2.71. The highest BCUT2D eigenvalue weighted by Gasteiger charge is 2.33. The standard InChI is InChI=1S/C17H29N3/c1-17(2)8-4-16(18)15(12-17)13-20(3)11-7-14-5-9-19-10-6-14/h5-6,9-10,15-16H,4,7-8,11-13,18H2,1-3H3. The van der Waals surface area contributed by atoms with Crippen molar-refractivity contribution < 1.29 is 0 Å². The summed E-state index contributed by atoms with van der Waals surface area (Å²) >= 11 is 0. The van der Waals surface area contributed by atoms with Crippen LogP contribution in [0, 0.1) is 11.3 Å². The minimum absolute atomic E-state index is 0.381. The van der Waals surface area contributed by atoms with Crippen molar-refractivity contribution in [1.29, 1.82) is 0 Å². The topological polar surface area (TPSA) is 42.2 Å². The summed E-state index contributed by atoms with van der Waals surface area (Å²) in [5.74, 6) is 0.640. The summed E-state index contributed by atoms with van der Waals surface area (Å²) < 4.78 is 0. The summed E-state index contributed by atoms with van der Waals surface area (Å²) in [5.41, 5.74) is 8.15. The first-order valence-electron chi connectivity index (χ1n) is 7.79. The molecule has 2 rings (SSSR count). The van der Waals surface area contributed by atoms with Crippen molar-refractivity contribution in [3.63, 3.8) is 0 Å². The molecule has 3 nitrogen and oxygen atoms in total.